The van der Waals surface area contributed by atoms with Gasteiger partial charge < -0.3 is 10.0 Å². The first-order chi connectivity index (χ1) is 9.91. The first-order valence-corrected chi connectivity index (χ1v) is 7.43. The van der Waals surface area contributed by atoms with Gasteiger partial charge in [-0.3, -0.25) is 9.48 Å². The molecule has 1 unspecified atom stereocenters. The summed E-state index contributed by atoms with van der Waals surface area (Å²) in [5.74, 6) is -0.957. The molecule has 0 aliphatic carbocycles. The molecule has 1 fully saturated rings. The maximum atomic E-state index is 12.4. The largest absolute Gasteiger partial charge is 0.480 e. The van der Waals surface area contributed by atoms with Crippen LogP contribution in [-0.4, -0.2) is 44.3 Å². The molecule has 1 aromatic rings. The lowest BCUT2D eigenvalue weighted by molar-refractivity contribution is -0.152. The van der Waals surface area contributed by atoms with E-state index in [9.17, 15) is 14.7 Å². The van der Waals surface area contributed by atoms with E-state index in [1.165, 1.54) is 4.90 Å². The zero-order valence-electron chi connectivity index (χ0n) is 12.9. The van der Waals surface area contributed by atoms with E-state index in [0.29, 0.717) is 25.8 Å². The fraction of sp³-hybridized carbons (Fsp3) is 0.667. The highest BCUT2D eigenvalue weighted by molar-refractivity contribution is 5.84. The highest BCUT2D eigenvalue weighted by atomic mass is 16.4. The lowest BCUT2D eigenvalue weighted by Gasteiger charge is -2.33. The molecule has 116 valence electrons. The Morgan fingerprint density at radius 1 is 1.33 bits per heavy atom. The van der Waals surface area contributed by atoms with Crippen molar-refractivity contribution in [3.63, 3.8) is 0 Å². The van der Waals surface area contributed by atoms with Gasteiger partial charge in [-0.15, -0.1) is 0 Å². The summed E-state index contributed by atoms with van der Waals surface area (Å²) in [5, 5.41) is 13.6. The highest BCUT2D eigenvalue weighted by Crippen LogP contribution is 2.20. The Bertz CT molecular complexity index is 551. The van der Waals surface area contributed by atoms with Crippen LogP contribution in [0.4, 0.5) is 0 Å². The van der Waals surface area contributed by atoms with Gasteiger partial charge in [-0.05, 0) is 45.1 Å². The molecule has 0 radical (unpaired) electrons. The molecule has 2 rings (SSSR count). The Kier molecular flexibility index (Phi) is 4.65. The number of carboxylic acids is 1. The summed E-state index contributed by atoms with van der Waals surface area (Å²) < 4.78 is 1.82. The maximum Gasteiger partial charge on any atom is 0.326 e. The van der Waals surface area contributed by atoms with Crippen LogP contribution in [0.15, 0.2) is 0 Å². The smallest absolute Gasteiger partial charge is 0.326 e. The molecule has 6 nitrogen and oxygen atoms in total. The molecule has 1 aliphatic rings. The Balaban J connectivity index is 2.02. The molecule has 1 saturated heterocycles. The van der Waals surface area contributed by atoms with E-state index in [2.05, 4.69) is 5.10 Å². The number of piperidine rings is 1. The van der Waals surface area contributed by atoms with Crippen LogP contribution in [0.1, 0.15) is 42.6 Å². The highest BCUT2D eigenvalue weighted by Gasteiger charge is 2.31. The van der Waals surface area contributed by atoms with Gasteiger partial charge in [0.2, 0.25) is 5.91 Å². The third-order valence-electron chi connectivity index (χ3n) is 4.36. The van der Waals surface area contributed by atoms with Gasteiger partial charge in [0, 0.05) is 25.7 Å². The Morgan fingerprint density at radius 2 is 2.05 bits per heavy atom. The monoisotopic (exact) mass is 293 g/mol. The summed E-state index contributed by atoms with van der Waals surface area (Å²) >= 11 is 0. The van der Waals surface area contributed by atoms with E-state index in [4.69, 9.17) is 0 Å². The number of hydrogen-bond donors (Lipinski definition) is 1. The third kappa shape index (κ3) is 3.25. The number of amides is 1. The second kappa shape index (κ2) is 6.28. The van der Waals surface area contributed by atoms with Crippen LogP contribution >= 0.6 is 0 Å². The van der Waals surface area contributed by atoms with Crippen molar-refractivity contribution >= 4 is 11.9 Å². The summed E-state index contributed by atoms with van der Waals surface area (Å²) in [6.07, 6.45) is 3.29. The van der Waals surface area contributed by atoms with Crippen molar-refractivity contribution in [1.82, 2.24) is 14.7 Å². The fourth-order valence-corrected chi connectivity index (χ4v) is 3.04. The van der Waals surface area contributed by atoms with E-state index in [1.807, 2.05) is 25.6 Å². The lowest BCUT2D eigenvalue weighted by atomic mass is 10.0. The predicted octanol–water partition coefficient (Wildman–Crippen LogP) is 1.44. The van der Waals surface area contributed by atoms with Gasteiger partial charge in [-0.1, -0.05) is 0 Å². The van der Waals surface area contributed by atoms with E-state index in [1.54, 1.807) is 0 Å². The molecule has 1 amide bonds. The number of carbonyl (C=O) groups is 2. The summed E-state index contributed by atoms with van der Waals surface area (Å²) in [4.78, 5) is 25.1. The van der Waals surface area contributed by atoms with Crippen molar-refractivity contribution in [1.29, 1.82) is 0 Å². The molecule has 1 aromatic heterocycles. The Hall–Kier alpha value is -1.85. The van der Waals surface area contributed by atoms with Crippen LogP contribution in [0.25, 0.3) is 0 Å². The Morgan fingerprint density at radius 3 is 2.62 bits per heavy atom. The van der Waals surface area contributed by atoms with Crippen molar-refractivity contribution in [2.45, 2.75) is 52.0 Å². The summed E-state index contributed by atoms with van der Waals surface area (Å²) in [7, 11) is 1.89. The quantitative estimate of drug-likeness (QED) is 0.911. The molecule has 0 saturated carbocycles. The number of nitrogens with zero attached hydrogens (tertiary/aromatic N) is 3. The van der Waals surface area contributed by atoms with Crippen molar-refractivity contribution in [2.75, 3.05) is 6.54 Å². The number of aromatic nitrogens is 2. The second-order valence-corrected chi connectivity index (χ2v) is 5.71. The number of carboxylic acid groups (broad SMARTS) is 1. The van der Waals surface area contributed by atoms with Gasteiger partial charge >= 0.3 is 5.97 Å². The molecule has 6 heteroatoms. The van der Waals surface area contributed by atoms with E-state index < -0.39 is 12.0 Å². The van der Waals surface area contributed by atoms with Gasteiger partial charge in [0.05, 0.1) is 5.69 Å². The minimum Gasteiger partial charge on any atom is -0.480 e. The van der Waals surface area contributed by atoms with Crippen LogP contribution in [0, 0.1) is 13.8 Å². The molecule has 1 atom stereocenters. The average Bonchev–Trinajstić information content (AvgIpc) is 2.70. The number of carbonyl (C=O) groups excluding carboxylic acids is 1. The topological polar surface area (TPSA) is 75.4 Å². The van der Waals surface area contributed by atoms with Crippen molar-refractivity contribution in [3.8, 4) is 0 Å². The standard InChI is InChI=1S/C15H23N3O3/c1-10-12(11(2)17(3)16-10)7-8-14(19)18-9-5-4-6-13(18)15(20)21/h13H,4-9H2,1-3H3,(H,20,21). The van der Waals surface area contributed by atoms with Gasteiger partial charge in [-0.25, -0.2) is 4.79 Å². The Labute approximate surface area is 124 Å². The molecule has 0 bridgehead atoms. The second-order valence-electron chi connectivity index (χ2n) is 5.71. The maximum absolute atomic E-state index is 12.4. The third-order valence-corrected chi connectivity index (χ3v) is 4.36. The van der Waals surface area contributed by atoms with Gasteiger partial charge in [0.25, 0.3) is 0 Å². The summed E-state index contributed by atoms with van der Waals surface area (Å²) in [6.45, 7) is 4.48. The molecule has 1 aliphatic heterocycles. The van der Waals surface area contributed by atoms with E-state index in [0.717, 1.165) is 29.8 Å². The van der Waals surface area contributed by atoms with Gasteiger partial charge in [0.1, 0.15) is 6.04 Å². The van der Waals surface area contributed by atoms with E-state index in [-0.39, 0.29) is 5.91 Å². The SMILES string of the molecule is Cc1nn(C)c(C)c1CCC(=O)N1CCCCC1C(=O)O. The van der Waals surface area contributed by atoms with Crippen LogP contribution in [0.3, 0.4) is 0 Å². The predicted molar refractivity (Wildman–Crippen MR) is 78.0 cm³/mol. The van der Waals surface area contributed by atoms with Crippen molar-refractivity contribution in [3.05, 3.63) is 17.0 Å². The molecule has 0 spiro atoms. The minimum atomic E-state index is -0.892. The van der Waals surface area contributed by atoms with Crippen LogP contribution in [-0.2, 0) is 23.1 Å². The number of likely N-dealkylation sites (tertiary alicyclic amines) is 1. The molecular weight excluding hydrogens is 270 g/mol. The lowest BCUT2D eigenvalue weighted by Crippen LogP contribution is -2.48. The average molecular weight is 293 g/mol. The fourth-order valence-electron chi connectivity index (χ4n) is 3.04. The van der Waals surface area contributed by atoms with Crippen LogP contribution < -0.4 is 0 Å². The number of rotatable bonds is 4. The molecule has 0 aromatic carbocycles. The summed E-state index contributed by atoms with van der Waals surface area (Å²) in [5.41, 5.74) is 3.10. The van der Waals surface area contributed by atoms with Crippen molar-refractivity contribution in [2.24, 2.45) is 7.05 Å². The normalized spacial score (nSPS) is 18.8. The molecule has 1 N–H and O–H groups in total. The van der Waals surface area contributed by atoms with Gasteiger partial charge in [0.15, 0.2) is 0 Å². The first kappa shape index (κ1) is 15.5. The van der Waals surface area contributed by atoms with Crippen molar-refractivity contribution < 1.29 is 14.7 Å². The van der Waals surface area contributed by atoms with Gasteiger partial charge in [-0.2, -0.15) is 5.10 Å². The number of hydrogen-bond acceptors (Lipinski definition) is 3. The minimum absolute atomic E-state index is 0.0650. The molecule has 2 heterocycles. The zero-order valence-corrected chi connectivity index (χ0v) is 12.9. The first-order valence-electron chi connectivity index (χ1n) is 7.43. The number of aryl methyl sites for hydroxylation is 2. The van der Waals surface area contributed by atoms with Crippen LogP contribution in [0.2, 0.25) is 0 Å². The summed E-state index contributed by atoms with van der Waals surface area (Å²) in [6, 6.07) is -0.651. The molecular formula is C15H23N3O3. The number of aliphatic carboxylic acids is 1. The zero-order chi connectivity index (χ0) is 15.6. The van der Waals surface area contributed by atoms with Crippen LogP contribution in [0.5, 0.6) is 0 Å². The molecule has 21 heavy (non-hydrogen) atoms. The van der Waals surface area contributed by atoms with E-state index >= 15 is 0 Å².